The van der Waals surface area contributed by atoms with Crippen LogP contribution < -0.4 is 9.47 Å². The minimum absolute atomic E-state index is 0.209. The highest BCUT2D eigenvalue weighted by atomic mass is 16.7. The Labute approximate surface area is 120 Å². The molecule has 0 unspecified atom stereocenters. The molecule has 2 aliphatic rings. The van der Waals surface area contributed by atoms with Crippen LogP contribution in [0.4, 0.5) is 0 Å². The monoisotopic (exact) mass is 276 g/mol. The maximum absolute atomic E-state index is 10.1. The maximum Gasteiger partial charge on any atom is 0.231 e. The second-order valence-electron chi connectivity index (χ2n) is 6.71. The van der Waals surface area contributed by atoms with Crippen LogP contribution in [-0.2, 0) is 0 Å². The first kappa shape index (κ1) is 13.6. The molecule has 0 radical (unpaired) electrons. The van der Waals surface area contributed by atoms with Gasteiger partial charge in [0, 0.05) is 0 Å². The zero-order valence-electron chi connectivity index (χ0n) is 12.6. The van der Waals surface area contributed by atoms with Gasteiger partial charge in [-0.05, 0) is 54.2 Å². The van der Waals surface area contributed by atoms with Gasteiger partial charge in [0.2, 0.25) is 12.5 Å². The summed E-state index contributed by atoms with van der Waals surface area (Å²) in [4.78, 5) is 0. The SMILES string of the molecule is CC(C)[C@@H]1CC[C@@H](C)C[C@H]1c1cc(O)c2c(c1)OCO2. The van der Waals surface area contributed by atoms with Crippen molar-refractivity contribution in [1.29, 1.82) is 0 Å². The van der Waals surface area contributed by atoms with Crippen LogP contribution in [-0.4, -0.2) is 11.9 Å². The predicted molar refractivity (Wildman–Crippen MR) is 78.3 cm³/mol. The third-order valence-electron chi connectivity index (χ3n) is 4.93. The van der Waals surface area contributed by atoms with Crippen molar-refractivity contribution in [3.8, 4) is 17.2 Å². The number of benzene rings is 1. The summed E-state index contributed by atoms with van der Waals surface area (Å²) in [6.45, 7) is 7.15. The highest BCUT2D eigenvalue weighted by Crippen LogP contribution is 2.48. The number of ether oxygens (including phenoxy) is 2. The van der Waals surface area contributed by atoms with E-state index < -0.39 is 0 Å². The van der Waals surface area contributed by atoms with Crippen molar-refractivity contribution in [1.82, 2.24) is 0 Å². The van der Waals surface area contributed by atoms with Gasteiger partial charge in [0.05, 0.1) is 0 Å². The van der Waals surface area contributed by atoms with Crippen LogP contribution >= 0.6 is 0 Å². The van der Waals surface area contributed by atoms with Crippen LogP contribution in [0.2, 0.25) is 0 Å². The van der Waals surface area contributed by atoms with Crippen molar-refractivity contribution in [3.63, 3.8) is 0 Å². The number of phenolic OH excluding ortho intramolecular Hbond substituents is 1. The van der Waals surface area contributed by atoms with Crippen molar-refractivity contribution >= 4 is 0 Å². The van der Waals surface area contributed by atoms with Gasteiger partial charge in [0.15, 0.2) is 11.5 Å². The average molecular weight is 276 g/mol. The van der Waals surface area contributed by atoms with E-state index in [1.54, 1.807) is 0 Å². The van der Waals surface area contributed by atoms with E-state index in [-0.39, 0.29) is 12.5 Å². The lowest BCUT2D eigenvalue weighted by Gasteiger charge is -2.37. The van der Waals surface area contributed by atoms with Gasteiger partial charge in [-0.25, -0.2) is 0 Å². The number of hydrogen-bond acceptors (Lipinski definition) is 3. The van der Waals surface area contributed by atoms with E-state index >= 15 is 0 Å². The quantitative estimate of drug-likeness (QED) is 0.875. The van der Waals surface area contributed by atoms with Crippen LogP contribution in [0, 0.1) is 17.8 Å². The third kappa shape index (κ3) is 2.34. The van der Waals surface area contributed by atoms with Crippen LogP contribution in [0.25, 0.3) is 0 Å². The molecule has 0 spiro atoms. The second kappa shape index (κ2) is 5.19. The molecule has 3 nitrogen and oxygen atoms in total. The zero-order valence-corrected chi connectivity index (χ0v) is 12.6. The molecule has 3 atom stereocenters. The Morgan fingerprint density at radius 2 is 2.00 bits per heavy atom. The molecule has 1 aliphatic heterocycles. The lowest BCUT2D eigenvalue weighted by molar-refractivity contribution is 0.171. The summed E-state index contributed by atoms with van der Waals surface area (Å²) in [5.74, 6) is 4.03. The van der Waals surface area contributed by atoms with Gasteiger partial charge < -0.3 is 14.6 Å². The fraction of sp³-hybridized carbons (Fsp3) is 0.647. The van der Waals surface area contributed by atoms with Crippen molar-refractivity contribution in [3.05, 3.63) is 17.7 Å². The van der Waals surface area contributed by atoms with E-state index in [9.17, 15) is 5.11 Å². The van der Waals surface area contributed by atoms with Crippen LogP contribution in [0.5, 0.6) is 17.2 Å². The number of hydrogen-bond donors (Lipinski definition) is 1. The molecule has 110 valence electrons. The van der Waals surface area contributed by atoms with Crippen molar-refractivity contribution < 1.29 is 14.6 Å². The van der Waals surface area contributed by atoms with Gasteiger partial charge in [-0.15, -0.1) is 0 Å². The highest BCUT2D eigenvalue weighted by Gasteiger charge is 2.33. The molecular weight excluding hydrogens is 252 g/mol. The Morgan fingerprint density at radius 3 is 2.75 bits per heavy atom. The number of phenols is 1. The fourth-order valence-electron chi connectivity index (χ4n) is 3.81. The lowest BCUT2D eigenvalue weighted by atomic mass is 9.67. The summed E-state index contributed by atoms with van der Waals surface area (Å²) in [5.41, 5.74) is 1.21. The highest BCUT2D eigenvalue weighted by molar-refractivity contribution is 5.55. The molecule has 1 heterocycles. The topological polar surface area (TPSA) is 38.7 Å². The molecule has 1 saturated carbocycles. The van der Waals surface area contributed by atoms with Crippen molar-refractivity contribution in [2.24, 2.45) is 17.8 Å². The first-order chi connectivity index (χ1) is 9.56. The normalized spacial score (nSPS) is 28.9. The summed E-state index contributed by atoms with van der Waals surface area (Å²) in [6, 6.07) is 3.95. The summed E-state index contributed by atoms with van der Waals surface area (Å²) in [5, 5.41) is 10.1. The van der Waals surface area contributed by atoms with Crippen molar-refractivity contribution in [2.75, 3.05) is 6.79 Å². The van der Waals surface area contributed by atoms with Gasteiger partial charge in [-0.3, -0.25) is 0 Å². The van der Waals surface area contributed by atoms with Gasteiger partial charge in [0.1, 0.15) is 0 Å². The summed E-state index contributed by atoms with van der Waals surface area (Å²) in [7, 11) is 0. The third-order valence-corrected chi connectivity index (χ3v) is 4.93. The summed E-state index contributed by atoms with van der Waals surface area (Å²) in [6.07, 6.45) is 3.79. The fourth-order valence-corrected chi connectivity index (χ4v) is 3.81. The molecule has 0 bridgehead atoms. The van der Waals surface area contributed by atoms with Gasteiger partial charge in [-0.2, -0.15) is 0 Å². The largest absolute Gasteiger partial charge is 0.504 e. The van der Waals surface area contributed by atoms with Crippen molar-refractivity contribution in [2.45, 2.75) is 46.0 Å². The molecule has 0 amide bonds. The van der Waals surface area contributed by atoms with E-state index in [1.807, 2.05) is 6.07 Å². The van der Waals surface area contributed by atoms with E-state index in [0.29, 0.717) is 29.3 Å². The number of fused-ring (bicyclic) bond motifs is 1. The minimum Gasteiger partial charge on any atom is -0.504 e. The van der Waals surface area contributed by atoms with E-state index in [2.05, 4.69) is 26.8 Å². The predicted octanol–water partition coefficient (Wildman–Crippen LogP) is 4.30. The standard InChI is InChI=1S/C17H24O3/c1-10(2)13-5-4-11(3)6-14(13)12-7-15(18)17-16(8-12)19-9-20-17/h7-8,10-11,13-14,18H,4-6,9H2,1-3H3/t11-,13+,14+/m1/s1. The Kier molecular flexibility index (Phi) is 3.53. The molecule has 20 heavy (non-hydrogen) atoms. The van der Waals surface area contributed by atoms with Crippen LogP contribution in [0.3, 0.4) is 0 Å². The summed E-state index contributed by atoms with van der Waals surface area (Å²) < 4.78 is 10.7. The Balaban J connectivity index is 1.95. The molecule has 0 saturated heterocycles. The maximum atomic E-state index is 10.1. The molecule has 1 aromatic carbocycles. The molecule has 1 fully saturated rings. The molecule has 3 rings (SSSR count). The Morgan fingerprint density at radius 1 is 1.20 bits per heavy atom. The molecule has 3 heteroatoms. The molecular formula is C17H24O3. The van der Waals surface area contributed by atoms with Gasteiger partial charge >= 0.3 is 0 Å². The minimum atomic E-state index is 0.209. The number of rotatable bonds is 2. The second-order valence-corrected chi connectivity index (χ2v) is 6.71. The molecule has 1 aliphatic carbocycles. The zero-order chi connectivity index (χ0) is 14.3. The average Bonchev–Trinajstić information content (AvgIpc) is 2.87. The van der Waals surface area contributed by atoms with E-state index in [1.165, 1.54) is 24.8 Å². The molecule has 1 N–H and O–H groups in total. The smallest absolute Gasteiger partial charge is 0.231 e. The van der Waals surface area contributed by atoms with Gasteiger partial charge in [-0.1, -0.05) is 27.2 Å². The van der Waals surface area contributed by atoms with E-state index in [4.69, 9.17) is 9.47 Å². The lowest BCUT2D eigenvalue weighted by Crippen LogP contribution is -2.26. The van der Waals surface area contributed by atoms with Gasteiger partial charge in [0.25, 0.3) is 0 Å². The molecule has 0 aromatic heterocycles. The first-order valence-electron chi connectivity index (χ1n) is 7.68. The van der Waals surface area contributed by atoms with Crippen LogP contribution in [0.1, 0.15) is 51.5 Å². The van der Waals surface area contributed by atoms with Crippen LogP contribution in [0.15, 0.2) is 12.1 Å². The Hall–Kier alpha value is -1.38. The first-order valence-corrected chi connectivity index (χ1v) is 7.68. The number of aromatic hydroxyl groups is 1. The molecule has 1 aromatic rings. The van der Waals surface area contributed by atoms with E-state index in [0.717, 1.165) is 5.92 Å². The summed E-state index contributed by atoms with van der Waals surface area (Å²) >= 11 is 0. The Bertz CT molecular complexity index is 495.